The molecule has 0 bridgehead atoms. The summed E-state index contributed by atoms with van der Waals surface area (Å²) < 4.78 is 1.99. The van der Waals surface area contributed by atoms with Gasteiger partial charge in [-0.2, -0.15) is 5.10 Å². The number of anilines is 1. The first-order valence-electron chi connectivity index (χ1n) is 10.4. The zero-order valence-corrected chi connectivity index (χ0v) is 17.3. The molecule has 0 aromatic carbocycles. The minimum atomic E-state index is 0.203. The molecule has 1 aliphatic heterocycles. The summed E-state index contributed by atoms with van der Waals surface area (Å²) in [6.45, 7) is 11.5. The van der Waals surface area contributed by atoms with Gasteiger partial charge < -0.3 is 10.2 Å². The first kappa shape index (κ1) is 19.8. The van der Waals surface area contributed by atoms with E-state index in [1.165, 1.54) is 43.2 Å². The first-order chi connectivity index (χ1) is 13.0. The zero-order valence-electron chi connectivity index (χ0n) is 17.3. The van der Waals surface area contributed by atoms with Crippen LogP contribution in [0.4, 0.5) is 5.95 Å². The molecule has 6 nitrogen and oxygen atoms in total. The molecule has 0 aliphatic carbocycles. The van der Waals surface area contributed by atoms with Crippen LogP contribution in [0.3, 0.4) is 0 Å². The second-order valence-electron chi connectivity index (χ2n) is 7.99. The molecule has 2 aromatic heterocycles. The Morgan fingerprint density at radius 1 is 1.04 bits per heavy atom. The summed E-state index contributed by atoms with van der Waals surface area (Å²) in [5, 5.41) is 7.99. The van der Waals surface area contributed by atoms with Crippen molar-refractivity contribution in [3.05, 3.63) is 35.4 Å². The topological polar surface area (TPSA) is 58.9 Å². The molecule has 1 N–H and O–H groups in total. The minimum Gasteiger partial charge on any atom is -0.341 e. The van der Waals surface area contributed by atoms with E-state index in [2.05, 4.69) is 49.2 Å². The monoisotopic (exact) mass is 370 g/mol. The van der Waals surface area contributed by atoms with Crippen LogP contribution in [-0.2, 0) is 6.54 Å². The summed E-state index contributed by atoms with van der Waals surface area (Å²) in [6, 6.07) is 0.594. The Kier molecular flexibility index (Phi) is 6.83. The lowest BCUT2D eigenvalue weighted by Crippen LogP contribution is -2.29. The van der Waals surface area contributed by atoms with Crippen molar-refractivity contribution in [1.29, 1.82) is 0 Å². The van der Waals surface area contributed by atoms with Gasteiger partial charge in [-0.25, -0.2) is 9.97 Å². The fraction of sp³-hybridized carbons (Fsp3) is 0.667. The van der Waals surface area contributed by atoms with Crippen LogP contribution in [0, 0.1) is 6.92 Å². The van der Waals surface area contributed by atoms with Crippen molar-refractivity contribution in [3.63, 3.8) is 0 Å². The van der Waals surface area contributed by atoms with E-state index in [-0.39, 0.29) is 6.04 Å². The van der Waals surface area contributed by atoms with E-state index in [1.807, 2.05) is 17.1 Å². The number of nitrogens with zero attached hydrogens (tertiary/aromatic N) is 5. The number of hydrogen-bond acceptors (Lipinski definition) is 5. The third-order valence-corrected chi connectivity index (χ3v) is 5.41. The van der Waals surface area contributed by atoms with E-state index < -0.39 is 0 Å². The van der Waals surface area contributed by atoms with E-state index in [1.54, 1.807) is 0 Å². The van der Waals surface area contributed by atoms with Gasteiger partial charge >= 0.3 is 0 Å². The normalized spacial score (nSPS) is 17.0. The van der Waals surface area contributed by atoms with Crippen LogP contribution >= 0.6 is 0 Å². The predicted molar refractivity (Wildman–Crippen MR) is 110 cm³/mol. The van der Waals surface area contributed by atoms with Gasteiger partial charge in [0.1, 0.15) is 0 Å². The second-order valence-corrected chi connectivity index (χ2v) is 7.99. The molecule has 3 heterocycles. The summed E-state index contributed by atoms with van der Waals surface area (Å²) in [5.41, 5.74) is 3.44. The smallest absolute Gasteiger partial charge is 0.225 e. The summed E-state index contributed by atoms with van der Waals surface area (Å²) >= 11 is 0. The Hall–Kier alpha value is -1.95. The van der Waals surface area contributed by atoms with Gasteiger partial charge in [0.15, 0.2) is 0 Å². The molecule has 27 heavy (non-hydrogen) atoms. The van der Waals surface area contributed by atoms with Gasteiger partial charge in [-0.05, 0) is 40.5 Å². The molecule has 6 heteroatoms. The molecule has 1 atom stereocenters. The van der Waals surface area contributed by atoms with E-state index >= 15 is 0 Å². The van der Waals surface area contributed by atoms with Crippen LogP contribution in [0.15, 0.2) is 18.6 Å². The van der Waals surface area contributed by atoms with E-state index in [0.29, 0.717) is 6.04 Å². The van der Waals surface area contributed by atoms with Gasteiger partial charge in [-0.1, -0.05) is 19.3 Å². The second kappa shape index (κ2) is 9.31. The SMILES string of the molecule is Cc1nc(N2CCCCCCC2)ncc1[C@H](C)NCc1cnn(C(C)C)c1. The molecule has 0 unspecified atom stereocenters. The van der Waals surface area contributed by atoms with Crippen molar-refractivity contribution in [2.24, 2.45) is 0 Å². The van der Waals surface area contributed by atoms with E-state index in [9.17, 15) is 0 Å². The predicted octanol–water partition coefficient (Wildman–Crippen LogP) is 4.18. The van der Waals surface area contributed by atoms with Crippen molar-refractivity contribution in [2.45, 2.75) is 78.4 Å². The standard InChI is InChI=1S/C21H34N6/c1-16(2)27-15-19(13-24-27)12-22-17(3)20-14-23-21(25-18(20)4)26-10-8-6-5-7-9-11-26/h13-17,22H,5-12H2,1-4H3/t17-/m0/s1. The van der Waals surface area contributed by atoms with Crippen molar-refractivity contribution in [3.8, 4) is 0 Å². The van der Waals surface area contributed by atoms with Crippen molar-refractivity contribution >= 4 is 5.95 Å². The van der Waals surface area contributed by atoms with E-state index in [4.69, 9.17) is 9.97 Å². The van der Waals surface area contributed by atoms with Gasteiger partial charge in [0.25, 0.3) is 0 Å². The molecule has 3 rings (SSSR count). The molecule has 0 radical (unpaired) electrons. The molecule has 1 aliphatic rings. The molecule has 0 spiro atoms. The summed E-state index contributed by atoms with van der Waals surface area (Å²) in [7, 11) is 0. The number of rotatable bonds is 6. The highest BCUT2D eigenvalue weighted by Gasteiger charge is 2.15. The molecular weight excluding hydrogens is 336 g/mol. The van der Waals surface area contributed by atoms with Gasteiger partial charge in [0.2, 0.25) is 5.95 Å². The molecule has 148 valence electrons. The Labute approximate surface area is 163 Å². The van der Waals surface area contributed by atoms with Gasteiger partial charge in [-0.3, -0.25) is 4.68 Å². The van der Waals surface area contributed by atoms with Gasteiger partial charge in [-0.15, -0.1) is 0 Å². The molecule has 0 amide bonds. The molecular formula is C21H34N6. The minimum absolute atomic E-state index is 0.203. The van der Waals surface area contributed by atoms with Crippen LogP contribution in [0.5, 0.6) is 0 Å². The highest BCUT2D eigenvalue weighted by Crippen LogP contribution is 2.20. The van der Waals surface area contributed by atoms with Crippen LogP contribution in [-0.4, -0.2) is 32.8 Å². The number of aromatic nitrogens is 4. The number of nitrogens with one attached hydrogen (secondary N) is 1. The Morgan fingerprint density at radius 2 is 1.74 bits per heavy atom. The lowest BCUT2D eigenvalue weighted by Gasteiger charge is -2.25. The van der Waals surface area contributed by atoms with E-state index in [0.717, 1.165) is 31.3 Å². The van der Waals surface area contributed by atoms with Crippen molar-refractivity contribution in [2.75, 3.05) is 18.0 Å². The largest absolute Gasteiger partial charge is 0.341 e. The van der Waals surface area contributed by atoms with Gasteiger partial charge in [0, 0.05) is 60.9 Å². The van der Waals surface area contributed by atoms with Crippen LogP contribution in [0.1, 0.15) is 81.8 Å². The Balaban J connectivity index is 1.61. The zero-order chi connectivity index (χ0) is 19.2. The third-order valence-electron chi connectivity index (χ3n) is 5.41. The molecule has 0 saturated carbocycles. The summed E-state index contributed by atoms with van der Waals surface area (Å²) in [5.74, 6) is 0.892. The Bertz CT molecular complexity index is 715. The maximum absolute atomic E-state index is 4.83. The average Bonchev–Trinajstić information content (AvgIpc) is 3.09. The molecule has 2 aromatic rings. The lowest BCUT2D eigenvalue weighted by atomic mass is 10.1. The highest BCUT2D eigenvalue weighted by molar-refractivity contribution is 5.34. The van der Waals surface area contributed by atoms with Crippen molar-refractivity contribution in [1.82, 2.24) is 25.1 Å². The highest BCUT2D eigenvalue weighted by atomic mass is 15.3. The Morgan fingerprint density at radius 3 is 2.37 bits per heavy atom. The molecule has 1 fully saturated rings. The number of hydrogen-bond donors (Lipinski definition) is 1. The third kappa shape index (κ3) is 5.28. The maximum Gasteiger partial charge on any atom is 0.225 e. The maximum atomic E-state index is 4.83. The fourth-order valence-electron chi connectivity index (χ4n) is 3.62. The van der Waals surface area contributed by atoms with Crippen molar-refractivity contribution < 1.29 is 0 Å². The average molecular weight is 371 g/mol. The summed E-state index contributed by atoms with van der Waals surface area (Å²) in [6.07, 6.45) is 12.5. The quantitative estimate of drug-likeness (QED) is 0.826. The first-order valence-corrected chi connectivity index (χ1v) is 10.4. The van der Waals surface area contributed by atoms with Crippen LogP contribution in [0.2, 0.25) is 0 Å². The van der Waals surface area contributed by atoms with Crippen LogP contribution in [0.25, 0.3) is 0 Å². The number of aryl methyl sites for hydroxylation is 1. The van der Waals surface area contributed by atoms with Crippen LogP contribution < -0.4 is 10.2 Å². The van der Waals surface area contributed by atoms with Gasteiger partial charge in [0.05, 0.1) is 6.20 Å². The lowest BCUT2D eigenvalue weighted by molar-refractivity contribution is 0.530. The summed E-state index contributed by atoms with van der Waals surface area (Å²) in [4.78, 5) is 11.9. The fourth-order valence-corrected chi connectivity index (χ4v) is 3.62. The molecule has 1 saturated heterocycles.